The van der Waals surface area contributed by atoms with Crippen molar-refractivity contribution in [2.75, 3.05) is 18.5 Å². The van der Waals surface area contributed by atoms with Gasteiger partial charge in [-0.3, -0.25) is 14.5 Å². The molecule has 4 rings (SSSR count). The fourth-order valence-electron chi connectivity index (χ4n) is 3.27. The number of carbonyl (C=O) groups is 2. The molecule has 3 aromatic rings. The first-order valence-electron chi connectivity index (χ1n) is 8.87. The van der Waals surface area contributed by atoms with Crippen molar-refractivity contribution >= 4 is 28.4 Å². The molecule has 1 aliphatic heterocycles. The van der Waals surface area contributed by atoms with Crippen molar-refractivity contribution in [3.63, 3.8) is 0 Å². The van der Waals surface area contributed by atoms with Gasteiger partial charge in [-0.25, -0.2) is 9.67 Å². The average Bonchev–Trinajstić information content (AvgIpc) is 3.15. The first kappa shape index (κ1) is 17.9. The number of hydrogen-bond acceptors (Lipinski definition) is 6. The highest BCUT2D eigenvalue weighted by Crippen LogP contribution is 2.26. The molecule has 0 saturated carbocycles. The Kier molecular flexibility index (Phi) is 4.40. The number of β-amino-alcohol motifs (C(OH)–C–C–N with tert-alkyl or cyclic N) is 1. The zero-order valence-corrected chi connectivity index (χ0v) is 15.5. The van der Waals surface area contributed by atoms with Gasteiger partial charge in [0, 0.05) is 17.2 Å². The van der Waals surface area contributed by atoms with Crippen LogP contribution < -0.4 is 5.32 Å². The molecule has 2 aromatic heterocycles. The summed E-state index contributed by atoms with van der Waals surface area (Å²) in [7, 11) is 0. The quantitative estimate of drug-likeness (QED) is 0.657. The number of rotatable bonds is 5. The van der Waals surface area contributed by atoms with E-state index in [1.54, 1.807) is 10.7 Å². The molecule has 0 bridgehead atoms. The first-order chi connectivity index (χ1) is 13.5. The molecule has 8 heteroatoms. The Balaban J connectivity index is 1.73. The van der Waals surface area contributed by atoms with Gasteiger partial charge in [-0.15, -0.1) is 0 Å². The molecule has 1 aromatic carbocycles. The number of anilines is 1. The molecule has 0 fully saturated rings. The van der Waals surface area contributed by atoms with E-state index < -0.39 is 11.8 Å². The van der Waals surface area contributed by atoms with E-state index in [9.17, 15) is 9.59 Å². The van der Waals surface area contributed by atoms with Gasteiger partial charge in [0.25, 0.3) is 11.8 Å². The molecule has 0 spiro atoms. The van der Waals surface area contributed by atoms with Crippen LogP contribution in [0.25, 0.3) is 16.7 Å². The zero-order valence-electron chi connectivity index (χ0n) is 15.5. The lowest BCUT2D eigenvalue weighted by molar-refractivity contribution is -0.137. The van der Waals surface area contributed by atoms with Gasteiger partial charge in [-0.05, 0) is 38.1 Å². The average molecular weight is 377 g/mol. The Morgan fingerprint density at radius 2 is 1.96 bits per heavy atom. The predicted octanol–water partition coefficient (Wildman–Crippen LogP) is 1.69. The molecule has 2 amide bonds. The van der Waals surface area contributed by atoms with E-state index in [1.165, 1.54) is 6.08 Å². The number of benzene rings is 1. The molecule has 0 saturated heterocycles. The number of nitrogens with one attached hydrogen (secondary N) is 1. The number of aliphatic hydroxyl groups is 1. The lowest BCUT2D eigenvalue weighted by atomic mass is 10.2. The van der Waals surface area contributed by atoms with Crippen LogP contribution in [0.4, 0.5) is 5.69 Å². The summed E-state index contributed by atoms with van der Waals surface area (Å²) >= 11 is 0. The topological polar surface area (TPSA) is 100 Å². The summed E-state index contributed by atoms with van der Waals surface area (Å²) in [5, 5.41) is 17.4. The van der Waals surface area contributed by atoms with Crippen molar-refractivity contribution < 1.29 is 14.7 Å². The Labute approximate surface area is 161 Å². The summed E-state index contributed by atoms with van der Waals surface area (Å²) in [6.45, 7) is 3.57. The molecule has 2 N–H and O–H groups in total. The number of amides is 2. The number of aryl methyl sites for hydroxylation is 2. The van der Waals surface area contributed by atoms with Crippen molar-refractivity contribution in [1.29, 1.82) is 0 Å². The second-order valence-corrected chi connectivity index (χ2v) is 6.59. The van der Waals surface area contributed by atoms with Crippen molar-refractivity contribution in [3.8, 4) is 5.82 Å². The number of aliphatic hydroxyl groups excluding tert-OH is 1. The van der Waals surface area contributed by atoms with Gasteiger partial charge in [-0.2, -0.15) is 5.10 Å². The van der Waals surface area contributed by atoms with E-state index in [0.29, 0.717) is 17.0 Å². The van der Waals surface area contributed by atoms with Crippen molar-refractivity contribution in [1.82, 2.24) is 19.7 Å². The third-order valence-corrected chi connectivity index (χ3v) is 4.53. The van der Waals surface area contributed by atoms with Crippen LogP contribution in [0.1, 0.15) is 11.4 Å². The van der Waals surface area contributed by atoms with Gasteiger partial charge in [0.05, 0.1) is 30.0 Å². The summed E-state index contributed by atoms with van der Waals surface area (Å²) in [4.78, 5) is 30.1. The fourth-order valence-corrected chi connectivity index (χ4v) is 3.27. The maximum atomic E-state index is 12.4. The van der Waals surface area contributed by atoms with Crippen LogP contribution in [0.3, 0.4) is 0 Å². The standard InChI is InChI=1S/C20H19N5O3/c1-12-10-13(2)25(23-12)17-7-6-14-4-3-5-15(19(14)22-17)21-16-11-18(27)24(8-9-26)20(16)28/h3-7,10-11,21,26H,8-9H2,1-2H3. The lowest BCUT2D eigenvalue weighted by Crippen LogP contribution is -2.34. The van der Waals surface area contributed by atoms with E-state index in [0.717, 1.165) is 21.7 Å². The Morgan fingerprint density at radius 3 is 2.68 bits per heavy atom. The zero-order chi connectivity index (χ0) is 19.8. The van der Waals surface area contributed by atoms with E-state index in [1.807, 2.05) is 44.2 Å². The number of fused-ring (bicyclic) bond motifs is 1. The second-order valence-electron chi connectivity index (χ2n) is 6.59. The molecule has 142 valence electrons. The van der Waals surface area contributed by atoms with Crippen molar-refractivity contribution in [2.45, 2.75) is 13.8 Å². The smallest absolute Gasteiger partial charge is 0.277 e. The number of para-hydroxylation sites is 1. The summed E-state index contributed by atoms with van der Waals surface area (Å²) < 4.78 is 1.76. The normalized spacial score (nSPS) is 14.1. The highest BCUT2D eigenvalue weighted by molar-refractivity contribution is 6.18. The van der Waals surface area contributed by atoms with E-state index in [-0.39, 0.29) is 18.8 Å². The second kappa shape index (κ2) is 6.90. The minimum atomic E-state index is -0.467. The number of imide groups is 1. The number of aromatic nitrogens is 3. The van der Waals surface area contributed by atoms with Crippen LogP contribution in [0, 0.1) is 13.8 Å². The lowest BCUT2D eigenvalue weighted by Gasteiger charge is -2.14. The third kappa shape index (κ3) is 3.03. The summed E-state index contributed by atoms with van der Waals surface area (Å²) in [6, 6.07) is 11.4. The van der Waals surface area contributed by atoms with Gasteiger partial charge in [0.1, 0.15) is 5.70 Å². The molecular formula is C20H19N5O3. The number of pyridine rings is 1. The van der Waals surface area contributed by atoms with Crippen LogP contribution in [0.5, 0.6) is 0 Å². The van der Waals surface area contributed by atoms with Gasteiger partial charge in [0.15, 0.2) is 5.82 Å². The molecule has 1 aliphatic rings. The van der Waals surface area contributed by atoms with Crippen LogP contribution in [0.2, 0.25) is 0 Å². The molecule has 0 unspecified atom stereocenters. The van der Waals surface area contributed by atoms with Crippen molar-refractivity contribution in [3.05, 3.63) is 59.6 Å². The third-order valence-electron chi connectivity index (χ3n) is 4.53. The molecule has 0 atom stereocenters. The fraction of sp³-hybridized carbons (Fsp3) is 0.200. The highest BCUT2D eigenvalue weighted by atomic mass is 16.3. The molecule has 8 nitrogen and oxygen atoms in total. The van der Waals surface area contributed by atoms with Crippen molar-refractivity contribution in [2.24, 2.45) is 0 Å². The van der Waals surface area contributed by atoms with Crippen LogP contribution in [-0.2, 0) is 9.59 Å². The number of carbonyl (C=O) groups excluding carboxylic acids is 2. The minimum Gasteiger partial charge on any atom is -0.395 e. The number of hydrogen-bond donors (Lipinski definition) is 2. The van der Waals surface area contributed by atoms with E-state index in [4.69, 9.17) is 10.1 Å². The molecular weight excluding hydrogens is 358 g/mol. The summed E-state index contributed by atoms with van der Waals surface area (Å²) in [6.07, 6.45) is 1.24. The first-order valence-corrected chi connectivity index (χ1v) is 8.87. The molecule has 0 radical (unpaired) electrons. The predicted molar refractivity (Wildman–Crippen MR) is 104 cm³/mol. The van der Waals surface area contributed by atoms with Crippen LogP contribution in [0.15, 0.2) is 48.2 Å². The maximum absolute atomic E-state index is 12.4. The largest absolute Gasteiger partial charge is 0.395 e. The number of nitrogens with zero attached hydrogens (tertiary/aromatic N) is 4. The van der Waals surface area contributed by atoms with Gasteiger partial charge >= 0.3 is 0 Å². The Bertz CT molecular complexity index is 1130. The summed E-state index contributed by atoms with van der Waals surface area (Å²) in [5.74, 6) is -0.249. The van der Waals surface area contributed by atoms with E-state index in [2.05, 4.69) is 10.4 Å². The molecule has 3 heterocycles. The van der Waals surface area contributed by atoms with Crippen LogP contribution >= 0.6 is 0 Å². The van der Waals surface area contributed by atoms with E-state index >= 15 is 0 Å². The van der Waals surface area contributed by atoms with Gasteiger partial charge in [-0.1, -0.05) is 12.1 Å². The monoisotopic (exact) mass is 377 g/mol. The maximum Gasteiger partial charge on any atom is 0.277 e. The highest BCUT2D eigenvalue weighted by Gasteiger charge is 2.30. The Morgan fingerprint density at radius 1 is 1.14 bits per heavy atom. The minimum absolute atomic E-state index is 0.0325. The SMILES string of the molecule is Cc1cc(C)n(-c2ccc3cccc(NC4=CC(=O)N(CCO)C4=O)c3n2)n1. The van der Waals surface area contributed by atoms with Gasteiger partial charge < -0.3 is 10.4 Å². The van der Waals surface area contributed by atoms with Crippen LogP contribution in [-0.4, -0.2) is 49.7 Å². The molecule has 0 aliphatic carbocycles. The summed E-state index contributed by atoms with van der Waals surface area (Å²) in [5.41, 5.74) is 3.29. The Hall–Kier alpha value is -3.52. The van der Waals surface area contributed by atoms with Gasteiger partial charge in [0.2, 0.25) is 0 Å². The molecule has 28 heavy (non-hydrogen) atoms.